The molecule has 0 bridgehead atoms. The summed E-state index contributed by atoms with van der Waals surface area (Å²) < 4.78 is 11.8. The summed E-state index contributed by atoms with van der Waals surface area (Å²) >= 11 is 7.63. The van der Waals surface area contributed by atoms with E-state index >= 15 is 0 Å². The summed E-state index contributed by atoms with van der Waals surface area (Å²) in [5, 5.41) is 7.21. The number of guanidine groups is 1. The van der Waals surface area contributed by atoms with Crippen LogP contribution in [-0.4, -0.2) is 46.6 Å². The average molecular weight is 504 g/mol. The molecule has 0 heterocycles. The Morgan fingerprint density at radius 2 is 1.79 bits per heavy atom. The van der Waals surface area contributed by atoms with E-state index in [0.29, 0.717) is 12.3 Å². The van der Waals surface area contributed by atoms with E-state index in [0.717, 1.165) is 23.3 Å². The van der Waals surface area contributed by atoms with E-state index in [4.69, 9.17) is 11.6 Å². The van der Waals surface area contributed by atoms with E-state index in [2.05, 4.69) is 15.6 Å². The Hall–Kier alpha value is 0.01000. The van der Waals surface area contributed by atoms with Gasteiger partial charge in [-0.2, -0.15) is 0 Å². The number of hydrogen-bond donors (Lipinski definition) is 2. The summed E-state index contributed by atoms with van der Waals surface area (Å²) in [5.74, 6) is 2.28. The van der Waals surface area contributed by atoms with Gasteiger partial charge in [-0.1, -0.05) is 11.6 Å². The summed E-state index contributed by atoms with van der Waals surface area (Å²) in [6, 6.07) is 7.82. The number of rotatable bonds is 7. The first-order valence-corrected chi connectivity index (χ1v) is 10.2. The van der Waals surface area contributed by atoms with Gasteiger partial charge < -0.3 is 10.6 Å². The van der Waals surface area contributed by atoms with Crippen LogP contribution in [0.25, 0.3) is 0 Å². The van der Waals surface area contributed by atoms with Crippen molar-refractivity contribution in [1.29, 1.82) is 0 Å². The summed E-state index contributed by atoms with van der Waals surface area (Å²) in [4.78, 5) is 5.37. The molecule has 8 heteroatoms. The number of thioether (sulfide) groups is 1. The van der Waals surface area contributed by atoms with Gasteiger partial charge in [0.2, 0.25) is 0 Å². The number of nitrogens with one attached hydrogen (secondary N) is 2. The Balaban J connectivity index is 0.00000529. The molecule has 2 N–H and O–H groups in total. The van der Waals surface area contributed by atoms with E-state index in [-0.39, 0.29) is 28.7 Å². The summed E-state index contributed by atoms with van der Waals surface area (Å²) in [7, 11) is 0.888. The lowest BCUT2D eigenvalue weighted by Gasteiger charge is -2.18. The largest absolute Gasteiger partial charge is 0.356 e. The third kappa shape index (κ3) is 10.1. The van der Waals surface area contributed by atoms with Gasteiger partial charge in [0.05, 0.1) is 0 Å². The monoisotopic (exact) mass is 503 g/mol. The maximum atomic E-state index is 12.0. The van der Waals surface area contributed by atoms with Crippen molar-refractivity contribution in [3.63, 3.8) is 0 Å². The summed E-state index contributed by atoms with van der Waals surface area (Å²) in [6.45, 7) is 7.42. The molecule has 1 atom stereocenters. The van der Waals surface area contributed by atoms with Gasteiger partial charge in [-0.3, -0.25) is 9.20 Å². The Bertz CT molecular complexity index is 533. The fourth-order valence-corrected chi connectivity index (χ4v) is 3.45. The third-order valence-corrected chi connectivity index (χ3v) is 6.17. The van der Waals surface area contributed by atoms with E-state index in [1.807, 2.05) is 45.0 Å². The van der Waals surface area contributed by atoms with E-state index in [1.165, 1.54) is 4.90 Å². The normalized spacial score (nSPS) is 13.1. The van der Waals surface area contributed by atoms with Crippen LogP contribution in [0, 0.1) is 0 Å². The lowest BCUT2D eigenvalue weighted by atomic mass is 10.3. The second-order valence-corrected chi connectivity index (χ2v) is 9.82. The van der Waals surface area contributed by atoms with Crippen molar-refractivity contribution in [2.45, 2.75) is 30.4 Å². The standard InChI is InChI=1S/C16H26ClN3OS2.HI/c1-16(2,3)23(21)12-10-20-15(18-4)19-9-11-22-14-7-5-13(17)6-8-14;/h5-8H,9-12H2,1-4H3,(H2,18,19,20);1H. The lowest BCUT2D eigenvalue weighted by Crippen LogP contribution is -2.41. The molecule has 0 spiro atoms. The average Bonchev–Trinajstić information content (AvgIpc) is 2.50. The first-order chi connectivity index (χ1) is 10.8. The van der Waals surface area contributed by atoms with E-state index < -0.39 is 10.8 Å². The molecule has 0 radical (unpaired) electrons. The maximum absolute atomic E-state index is 12.0. The Morgan fingerprint density at radius 3 is 2.33 bits per heavy atom. The minimum atomic E-state index is -0.850. The van der Waals surface area contributed by atoms with Crippen molar-refractivity contribution >= 4 is 64.1 Å². The van der Waals surface area contributed by atoms with Crippen molar-refractivity contribution < 1.29 is 4.21 Å². The van der Waals surface area contributed by atoms with Gasteiger partial charge in [-0.05, 0) is 45.0 Å². The molecule has 1 aromatic rings. The van der Waals surface area contributed by atoms with Crippen LogP contribution in [-0.2, 0) is 10.8 Å². The third-order valence-electron chi connectivity index (χ3n) is 2.96. The molecule has 0 aliphatic rings. The Morgan fingerprint density at radius 1 is 1.21 bits per heavy atom. The first kappa shape index (κ1) is 24.0. The van der Waals surface area contributed by atoms with Crippen LogP contribution in [0.1, 0.15) is 20.8 Å². The number of halogens is 2. The fraction of sp³-hybridized carbons (Fsp3) is 0.562. The van der Waals surface area contributed by atoms with Crippen LogP contribution in [0.2, 0.25) is 5.02 Å². The number of aliphatic imine (C=N–C) groups is 1. The molecule has 138 valence electrons. The number of nitrogens with zero attached hydrogens (tertiary/aromatic N) is 1. The van der Waals surface area contributed by atoms with E-state index in [9.17, 15) is 4.21 Å². The van der Waals surface area contributed by atoms with E-state index in [1.54, 1.807) is 18.8 Å². The molecule has 24 heavy (non-hydrogen) atoms. The molecule has 0 aliphatic carbocycles. The molecule has 0 aliphatic heterocycles. The van der Waals surface area contributed by atoms with Crippen LogP contribution in [0.4, 0.5) is 0 Å². The van der Waals surface area contributed by atoms with Crippen molar-refractivity contribution in [2.24, 2.45) is 4.99 Å². The Kier molecular flexibility index (Phi) is 12.4. The van der Waals surface area contributed by atoms with Crippen LogP contribution >= 0.6 is 47.3 Å². The fourth-order valence-electron chi connectivity index (χ4n) is 1.66. The smallest absolute Gasteiger partial charge is 0.191 e. The molecule has 0 saturated carbocycles. The van der Waals surface area contributed by atoms with Crippen LogP contribution in [0.5, 0.6) is 0 Å². The van der Waals surface area contributed by atoms with Gasteiger partial charge in [0.1, 0.15) is 0 Å². The van der Waals surface area contributed by atoms with Crippen molar-refractivity contribution in [3.05, 3.63) is 29.3 Å². The van der Waals surface area contributed by atoms with Crippen molar-refractivity contribution in [1.82, 2.24) is 10.6 Å². The SMILES string of the molecule is CN=C(NCCSc1ccc(Cl)cc1)NCCS(=O)C(C)(C)C.I. The predicted molar refractivity (Wildman–Crippen MR) is 120 cm³/mol. The maximum Gasteiger partial charge on any atom is 0.191 e. The van der Waals surface area contributed by atoms with Crippen molar-refractivity contribution in [3.8, 4) is 0 Å². The topological polar surface area (TPSA) is 53.5 Å². The van der Waals surface area contributed by atoms with Gasteiger partial charge in [-0.15, -0.1) is 35.7 Å². The number of benzene rings is 1. The zero-order chi connectivity index (χ0) is 17.3. The van der Waals surface area contributed by atoms with Gasteiger partial charge in [-0.25, -0.2) is 0 Å². The molecule has 0 saturated heterocycles. The van der Waals surface area contributed by atoms with Crippen LogP contribution in [0.15, 0.2) is 34.2 Å². The molecule has 1 unspecified atom stereocenters. The summed E-state index contributed by atoms with van der Waals surface area (Å²) in [5.41, 5.74) is 0. The zero-order valence-corrected chi connectivity index (χ0v) is 19.3. The highest BCUT2D eigenvalue weighted by Gasteiger charge is 2.18. The van der Waals surface area contributed by atoms with Crippen LogP contribution in [0.3, 0.4) is 0 Å². The molecular weight excluding hydrogens is 477 g/mol. The zero-order valence-electron chi connectivity index (χ0n) is 14.6. The Labute approximate surface area is 174 Å². The quantitative estimate of drug-likeness (QED) is 0.196. The number of hydrogen-bond acceptors (Lipinski definition) is 3. The minimum absolute atomic E-state index is 0. The first-order valence-electron chi connectivity index (χ1n) is 7.54. The molecule has 0 fully saturated rings. The molecule has 0 aromatic heterocycles. The highest BCUT2D eigenvalue weighted by molar-refractivity contribution is 14.0. The summed E-state index contributed by atoms with van der Waals surface area (Å²) in [6.07, 6.45) is 0. The molecule has 4 nitrogen and oxygen atoms in total. The lowest BCUT2D eigenvalue weighted by molar-refractivity contribution is 0.647. The minimum Gasteiger partial charge on any atom is -0.356 e. The van der Waals surface area contributed by atoms with Crippen LogP contribution < -0.4 is 10.6 Å². The predicted octanol–water partition coefficient (Wildman–Crippen LogP) is 3.76. The second kappa shape index (κ2) is 12.4. The second-order valence-electron chi connectivity index (χ2n) is 5.89. The highest BCUT2D eigenvalue weighted by Crippen LogP contribution is 2.19. The van der Waals surface area contributed by atoms with Gasteiger partial charge in [0.25, 0.3) is 0 Å². The molecule has 1 rings (SSSR count). The molecule has 0 amide bonds. The van der Waals surface area contributed by atoms with Gasteiger partial charge in [0.15, 0.2) is 5.96 Å². The van der Waals surface area contributed by atoms with Gasteiger partial charge in [0, 0.05) is 57.1 Å². The molecular formula is C16H27ClIN3OS2. The highest BCUT2D eigenvalue weighted by atomic mass is 127. The van der Waals surface area contributed by atoms with Crippen molar-refractivity contribution in [2.75, 3.05) is 31.6 Å². The van der Waals surface area contributed by atoms with Gasteiger partial charge >= 0.3 is 0 Å². The molecule has 1 aromatic carbocycles.